The lowest BCUT2D eigenvalue weighted by atomic mass is 9.53. The average molecular weight is 873 g/mol. The molecule has 5 aliphatic rings. The Morgan fingerprint density at radius 3 is 2.43 bits per heavy atom. The number of piperidine rings is 1. The number of hydrogen-bond donors (Lipinski definition) is 3. The van der Waals surface area contributed by atoms with Gasteiger partial charge in [-0.05, 0) is 93.5 Å². The molecule has 2 aromatic carbocycles. The van der Waals surface area contributed by atoms with E-state index in [-0.39, 0.29) is 47.7 Å². The molecule has 2 bridgehead atoms. The first-order valence-corrected chi connectivity index (χ1v) is 21.2. The molecule has 1 atom stereocenters. The van der Waals surface area contributed by atoms with Gasteiger partial charge in [-0.25, -0.2) is 18.6 Å². The summed E-state index contributed by atoms with van der Waals surface area (Å²) >= 11 is 0. The molecule has 332 valence electrons. The Balaban J connectivity index is 0.789. The Morgan fingerprint density at radius 2 is 1.71 bits per heavy atom. The lowest BCUT2D eigenvalue weighted by Crippen LogP contribution is -2.49. The first kappa shape index (κ1) is 42.0. The van der Waals surface area contributed by atoms with Crippen LogP contribution in [0.15, 0.2) is 39.6 Å². The van der Waals surface area contributed by atoms with Crippen LogP contribution in [0.5, 0.6) is 11.6 Å². The Kier molecular flexibility index (Phi) is 11.0. The SMILES string of the molecule is COc1cc(-c2nc(C34CCC(CNC(=O)c5cc(F)c(O)c(F)c5F)(CC3)CC4)no2)nc(N2CCN(CCCc3ccc4c(c3)n(C)c(=O)n4C3CCC(=O)NC3=O)CC2)n1. The van der Waals surface area contributed by atoms with E-state index in [0.717, 1.165) is 82.1 Å². The van der Waals surface area contributed by atoms with Gasteiger partial charge in [-0.15, -0.1) is 0 Å². The number of carbonyl (C=O) groups is 3. The van der Waals surface area contributed by atoms with Crippen molar-refractivity contribution in [2.24, 2.45) is 12.5 Å². The van der Waals surface area contributed by atoms with E-state index in [9.17, 15) is 37.5 Å². The van der Waals surface area contributed by atoms with E-state index in [1.165, 1.54) is 11.7 Å². The van der Waals surface area contributed by atoms with Crippen molar-refractivity contribution in [2.45, 2.75) is 75.7 Å². The van der Waals surface area contributed by atoms with Gasteiger partial charge in [-0.2, -0.15) is 14.4 Å². The molecule has 2 saturated heterocycles. The number of carbonyl (C=O) groups excluding carboxylic acids is 3. The second-order valence-corrected chi connectivity index (χ2v) is 17.3. The summed E-state index contributed by atoms with van der Waals surface area (Å²) in [6.07, 6.45) is 6.50. The summed E-state index contributed by atoms with van der Waals surface area (Å²) < 4.78 is 56.5. The molecule has 20 heteroatoms. The van der Waals surface area contributed by atoms with Gasteiger partial charge in [0.25, 0.3) is 11.8 Å². The van der Waals surface area contributed by atoms with E-state index in [4.69, 9.17) is 19.2 Å². The van der Waals surface area contributed by atoms with E-state index in [1.54, 1.807) is 17.7 Å². The molecule has 5 aromatic rings. The lowest BCUT2D eigenvalue weighted by molar-refractivity contribution is -0.135. The van der Waals surface area contributed by atoms with Gasteiger partial charge in [0.2, 0.25) is 29.5 Å². The minimum absolute atomic E-state index is 0.190. The van der Waals surface area contributed by atoms with Crippen molar-refractivity contribution >= 4 is 34.7 Å². The van der Waals surface area contributed by atoms with Crippen LogP contribution in [0.3, 0.4) is 0 Å². The fourth-order valence-corrected chi connectivity index (χ4v) is 9.76. The molecule has 5 heterocycles. The van der Waals surface area contributed by atoms with Crippen molar-refractivity contribution in [3.63, 3.8) is 0 Å². The number of imidazole rings is 1. The minimum atomic E-state index is -1.80. The predicted molar refractivity (Wildman–Crippen MR) is 220 cm³/mol. The number of imide groups is 1. The third kappa shape index (κ3) is 7.78. The molecule has 1 unspecified atom stereocenters. The van der Waals surface area contributed by atoms with Crippen molar-refractivity contribution < 1.29 is 41.9 Å². The molecule has 63 heavy (non-hydrogen) atoms. The number of aryl methyl sites for hydroxylation is 2. The maximum absolute atomic E-state index is 14.3. The van der Waals surface area contributed by atoms with Gasteiger partial charge in [0.15, 0.2) is 23.2 Å². The van der Waals surface area contributed by atoms with Gasteiger partial charge in [-0.3, -0.25) is 33.7 Å². The van der Waals surface area contributed by atoms with Crippen LogP contribution in [0, 0.1) is 22.9 Å². The number of amides is 3. The van der Waals surface area contributed by atoms with E-state index < -0.39 is 46.6 Å². The first-order valence-electron chi connectivity index (χ1n) is 21.2. The van der Waals surface area contributed by atoms with Crippen molar-refractivity contribution in [1.29, 1.82) is 0 Å². The Labute approximate surface area is 358 Å². The molecule has 0 spiro atoms. The number of methoxy groups -OCH3 is 1. The van der Waals surface area contributed by atoms with Crippen LogP contribution >= 0.6 is 0 Å². The van der Waals surface area contributed by atoms with E-state index in [2.05, 4.69) is 30.6 Å². The zero-order valence-electron chi connectivity index (χ0n) is 34.9. The van der Waals surface area contributed by atoms with Gasteiger partial charge >= 0.3 is 5.69 Å². The number of halogens is 3. The maximum atomic E-state index is 14.3. The predicted octanol–water partition coefficient (Wildman–Crippen LogP) is 4.07. The zero-order valence-corrected chi connectivity index (χ0v) is 34.9. The average Bonchev–Trinajstić information content (AvgIpc) is 3.90. The molecule has 17 nitrogen and oxygen atoms in total. The monoisotopic (exact) mass is 872 g/mol. The van der Waals surface area contributed by atoms with E-state index in [1.807, 2.05) is 18.2 Å². The van der Waals surface area contributed by atoms with Crippen molar-refractivity contribution in [3.05, 3.63) is 75.2 Å². The molecule has 3 amide bonds. The number of anilines is 1. The molecule has 3 saturated carbocycles. The second kappa shape index (κ2) is 16.4. The normalized spacial score (nSPS) is 22.7. The topological polar surface area (TPSA) is 203 Å². The van der Waals surface area contributed by atoms with Crippen LogP contribution in [-0.2, 0) is 28.5 Å². The number of nitrogens with one attached hydrogen (secondary N) is 2. The zero-order chi connectivity index (χ0) is 44.2. The molecule has 0 radical (unpaired) electrons. The Morgan fingerprint density at radius 1 is 0.968 bits per heavy atom. The highest BCUT2D eigenvalue weighted by Crippen LogP contribution is 2.57. The lowest BCUT2D eigenvalue weighted by Gasteiger charge is -2.52. The maximum Gasteiger partial charge on any atom is 0.329 e. The van der Waals surface area contributed by atoms with Gasteiger partial charge < -0.3 is 24.6 Å². The number of hydrogen-bond acceptors (Lipinski definition) is 13. The summed E-state index contributed by atoms with van der Waals surface area (Å²) in [6, 6.07) is 7.32. The van der Waals surface area contributed by atoms with Crippen LogP contribution in [-0.4, -0.2) is 103 Å². The van der Waals surface area contributed by atoms with Crippen molar-refractivity contribution in [3.8, 4) is 23.2 Å². The molecular formula is C43H47F3N10O7. The summed E-state index contributed by atoms with van der Waals surface area (Å²) in [6.45, 7) is 4.03. The van der Waals surface area contributed by atoms with E-state index in [0.29, 0.717) is 48.0 Å². The number of fused-ring (bicyclic) bond motifs is 4. The van der Waals surface area contributed by atoms with Crippen LogP contribution in [0.25, 0.3) is 22.6 Å². The second-order valence-electron chi connectivity index (χ2n) is 17.3. The number of aromatic nitrogens is 6. The number of benzene rings is 2. The van der Waals surface area contributed by atoms with Crippen LogP contribution in [0.4, 0.5) is 19.1 Å². The quantitative estimate of drug-likeness (QED) is 0.120. The van der Waals surface area contributed by atoms with Gasteiger partial charge in [0.1, 0.15) is 11.7 Å². The van der Waals surface area contributed by atoms with Gasteiger partial charge in [0, 0.05) is 57.7 Å². The minimum Gasteiger partial charge on any atom is -0.503 e. The number of rotatable bonds is 12. The highest BCUT2D eigenvalue weighted by atomic mass is 19.2. The molecular weight excluding hydrogens is 826 g/mol. The molecule has 10 rings (SSSR count). The summed E-state index contributed by atoms with van der Waals surface area (Å²) in [5.41, 5.74) is 1.23. The number of ether oxygens (including phenoxy) is 1. The van der Waals surface area contributed by atoms with Crippen LogP contribution in [0.2, 0.25) is 0 Å². The molecule has 5 fully saturated rings. The summed E-state index contributed by atoms with van der Waals surface area (Å²) in [7, 11) is 3.23. The Bertz CT molecular complexity index is 2670. The Hall–Kier alpha value is -6.31. The van der Waals surface area contributed by atoms with Crippen LogP contribution < -0.4 is 26.0 Å². The molecule has 2 aliphatic heterocycles. The highest BCUT2D eigenvalue weighted by Gasteiger charge is 2.51. The third-order valence-electron chi connectivity index (χ3n) is 13.7. The largest absolute Gasteiger partial charge is 0.503 e. The number of nitrogens with zero attached hydrogens (tertiary/aromatic N) is 8. The summed E-state index contributed by atoms with van der Waals surface area (Å²) in [4.78, 5) is 68.9. The smallest absolute Gasteiger partial charge is 0.329 e. The molecule has 3 aromatic heterocycles. The number of piperazine rings is 1. The number of aromatic hydroxyl groups is 1. The number of phenols is 1. The molecule has 3 N–H and O–H groups in total. The van der Waals surface area contributed by atoms with E-state index >= 15 is 0 Å². The van der Waals surface area contributed by atoms with Crippen molar-refractivity contribution in [2.75, 3.05) is 51.3 Å². The third-order valence-corrected chi connectivity index (χ3v) is 13.7. The standard InChI is InChI=1S/C43H47F3N10O7/c1-53-30-20-24(5-6-28(30)56(41(53)61)29-7-8-31(57)49-37(29)60)4-3-15-54-16-18-55(19-17-54)40-48-27(22-32(50-40)62-2)38-51-39(52-63-38)43-12-9-42(10-13-43,11-14-43)23-47-36(59)25-21-26(44)35(58)34(46)33(25)45/h5-6,20-22,29,58H,3-4,7-19,23H2,1-2H3,(H,47,59)(H,49,57,60). The van der Waals surface area contributed by atoms with Gasteiger partial charge in [-0.1, -0.05) is 11.2 Å². The highest BCUT2D eigenvalue weighted by molar-refractivity contribution is 6.00. The van der Waals surface area contributed by atoms with Gasteiger partial charge in [0.05, 0.1) is 23.7 Å². The van der Waals surface area contributed by atoms with Crippen molar-refractivity contribution in [1.82, 2.24) is 44.8 Å². The summed E-state index contributed by atoms with van der Waals surface area (Å²) in [5, 5.41) is 18.7. The summed E-state index contributed by atoms with van der Waals surface area (Å²) in [5.74, 6) is -6.34. The fraction of sp³-hybridized carbons (Fsp3) is 0.488. The fourth-order valence-electron chi connectivity index (χ4n) is 9.76. The first-order chi connectivity index (χ1) is 30.3. The molecule has 3 aliphatic carbocycles. The number of phenolic OH excluding ortho intramolecular Hbond substituents is 1. The van der Waals surface area contributed by atoms with Crippen LogP contribution in [0.1, 0.15) is 85.6 Å².